The lowest BCUT2D eigenvalue weighted by molar-refractivity contribution is 0.279. The number of hydrogen-bond acceptors (Lipinski definition) is 6. The molecule has 0 radical (unpaired) electrons. The molecule has 6 heteroatoms. The first-order valence-electron chi connectivity index (χ1n) is 6.76. The standard InChI is InChI=1S/C13H22N4OS/c1-14-11-9-12(16-13(15-11)19-2)17-7-3-5-10(17)6-4-8-18/h9-10,18H,3-8H2,1-2H3,(H,14,15,16). The summed E-state index contributed by atoms with van der Waals surface area (Å²) in [4.78, 5) is 11.4. The second-order valence-electron chi connectivity index (χ2n) is 4.70. The van der Waals surface area contributed by atoms with Gasteiger partial charge in [0.2, 0.25) is 0 Å². The van der Waals surface area contributed by atoms with Crippen molar-refractivity contribution in [1.82, 2.24) is 9.97 Å². The lowest BCUT2D eigenvalue weighted by Crippen LogP contribution is -2.30. The van der Waals surface area contributed by atoms with Crippen LogP contribution in [-0.2, 0) is 0 Å². The van der Waals surface area contributed by atoms with Gasteiger partial charge in [-0.3, -0.25) is 0 Å². The topological polar surface area (TPSA) is 61.3 Å². The highest BCUT2D eigenvalue weighted by Crippen LogP contribution is 2.29. The lowest BCUT2D eigenvalue weighted by Gasteiger charge is -2.26. The number of thioether (sulfide) groups is 1. The predicted molar refractivity (Wildman–Crippen MR) is 80.0 cm³/mol. The molecule has 1 aliphatic heterocycles. The number of hydrogen-bond donors (Lipinski definition) is 2. The zero-order valence-electron chi connectivity index (χ0n) is 11.6. The van der Waals surface area contributed by atoms with Gasteiger partial charge in [0, 0.05) is 32.3 Å². The van der Waals surface area contributed by atoms with Crippen LogP contribution in [0.25, 0.3) is 0 Å². The van der Waals surface area contributed by atoms with Crippen molar-refractivity contribution < 1.29 is 5.11 Å². The fraction of sp³-hybridized carbons (Fsp3) is 0.692. The van der Waals surface area contributed by atoms with Gasteiger partial charge in [-0.05, 0) is 31.9 Å². The second kappa shape index (κ2) is 6.96. The Morgan fingerprint density at radius 2 is 2.37 bits per heavy atom. The third-order valence-corrected chi connectivity index (χ3v) is 4.05. The van der Waals surface area contributed by atoms with E-state index in [4.69, 9.17) is 5.11 Å². The minimum atomic E-state index is 0.270. The molecule has 0 bridgehead atoms. The van der Waals surface area contributed by atoms with Gasteiger partial charge in [0.25, 0.3) is 0 Å². The third-order valence-electron chi connectivity index (χ3n) is 3.50. The Morgan fingerprint density at radius 1 is 1.53 bits per heavy atom. The molecule has 106 valence electrons. The van der Waals surface area contributed by atoms with E-state index in [2.05, 4.69) is 20.2 Å². The molecule has 2 rings (SSSR count). The Kier molecular flexibility index (Phi) is 5.27. The number of rotatable bonds is 6. The highest BCUT2D eigenvalue weighted by Gasteiger charge is 2.25. The number of aliphatic hydroxyl groups excluding tert-OH is 1. The maximum atomic E-state index is 8.99. The van der Waals surface area contributed by atoms with Crippen molar-refractivity contribution in [2.45, 2.75) is 36.9 Å². The van der Waals surface area contributed by atoms with Crippen LogP contribution in [-0.4, -0.2) is 47.6 Å². The largest absolute Gasteiger partial charge is 0.396 e. The molecule has 5 nitrogen and oxygen atoms in total. The van der Waals surface area contributed by atoms with Crippen LogP contribution >= 0.6 is 11.8 Å². The van der Waals surface area contributed by atoms with Crippen molar-refractivity contribution >= 4 is 23.4 Å². The molecular formula is C13H22N4OS. The molecular weight excluding hydrogens is 260 g/mol. The zero-order valence-corrected chi connectivity index (χ0v) is 12.4. The summed E-state index contributed by atoms with van der Waals surface area (Å²) in [6, 6.07) is 2.51. The molecule has 0 spiro atoms. The Hall–Kier alpha value is -1.01. The quantitative estimate of drug-likeness (QED) is 0.614. The van der Waals surface area contributed by atoms with Crippen LogP contribution in [0.3, 0.4) is 0 Å². The fourth-order valence-corrected chi connectivity index (χ4v) is 2.92. The van der Waals surface area contributed by atoms with Gasteiger partial charge in [0.15, 0.2) is 5.16 Å². The maximum Gasteiger partial charge on any atom is 0.191 e. The van der Waals surface area contributed by atoms with Gasteiger partial charge in [-0.1, -0.05) is 11.8 Å². The number of nitrogens with one attached hydrogen (secondary N) is 1. The molecule has 0 saturated carbocycles. The van der Waals surface area contributed by atoms with E-state index in [1.807, 2.05) is 19.4 Å². The van der Waals surface area contributed by atoms with Crippen LogP contribution in [0.5, 0.6) is 0 Å². The van der Waals surface area contributed by atoms with Crippen molar-refractivity contribution in [3.63, 3.8) is 0 Å². The van der Waals surface area contributed by atoms with E-state index >= 15 is 0 Å². The highest BCUT2D eigenvalue weighted by atomic mass is 32.2. The van der Waals surface area contributed by atoms with Gasteiger partial charge in [-0.25, -0.2) is 9.97 Å². The number of anilines is 2. The summed E-state index contributed by atoms with van der Waals surface area (Å²) in [5.41, 5.74) is 0. The van der Waals surface area contributed by atoms with Crippen molar-refractivity contribution in [3.8, 4) is 0 Å². The summed E-state index contributed by atoms with van der Waals surface area (Å²) in [6.45, 7) is 1.32. The molecule has 2 N–H and O–H groups in total. The maximum absolute atomic E-state index is 8.99. The summed E-state index contributed by atoms with van der Waals surface area (Å²) < 4.78 is 0. The number of aromatic nitrogens is 2. The molecule has 1 aromatic heterocycles. The van der Waals surface area contributed by atoms with E-state index in [0.29, 0.717) is 6.04 Å². The molecule has 1 aromatic rings. The molecule has 1 aliphatic rings. The molecule has 0 aliphatic carbocycles. The van der Waals surface area contributed by atoms with E-state index in [0.717, 1.165) is 36.2 Å². The Bertz CT molecular complexity index is 393. The van der Waals surface area contributed by atoms with Gasteiger partial charge in [-0.15, -0.1) is 0 Å². The molecule has 1 atom stereocenters. The summed E-state index contributed by atoms with van der Waals surface area (Å²) in [5, 5.41) is 12.9. The van der Waals surface area contributed by atoms with E-state index in [1.165, 1.54) is 12.8 Å². The monoisotopic (exact) mass is 282 g/mol. The summed E-state index contributed by atoms with van der Waals surface area (Å²) in [7, 11) is 1.88. The molecule has 0 amide bonds. The van der Waals surface area contributed by atoms with Crippen molar-refractivity contribution in [2.24, 2.45) is 0 Å². The van der Waals surface area contributed by atoms with Crippen molar-refractivity contribution in [3.05, 3.63) is 6.07 Å². The normalized spacial score (nSPS) is 18.9. The van der Waals surface area contributed by atoms with E-state index in [9.17, 15) is 0 Å². The lowest BCUT2D eigenvalue weighted by atomic mass is 10.1. The van der Waals surface area contributed by atoms with Crippen LogP contribution < -0.4 is 10.2 Å². The van der Waals surface area contributed by atoms with Gasteiger partial charge >= 0.3 is 0 Å². The second-order valence-corrected chi connectivity index (χ2v) is 5.48. The minimum Gasteiger partial charge on any atom is -0.396 e. The van der Waals surface area contributed by atoms with Gasteiger partial charge in [-0.2, -0.15) is 0 Å². The van der Waals surface area contributed by atoms with Crippen LogP contribution in [0, 0.1) is 0 Å². The smallest absolute Gasteiger partial charge is 0.191 e. The first-order chi connectivity index (χ1) is 9.28. The number of aliphatic hydroxyl groups is 1. The van der Waals surface area contributed by atoms with Gasteiger partial charge in [0.05, 0.1) is 0 Å². The fourth-order valence-electron chi connectivity index (χ4n) is 2.54. The Labute approximate surface area is 118 Å². The third kappa shape index (κ3) is 3.51. The first kappa shape index (κ1) is 14.4. The van der Waals surface area contributed by atoms with Crippen LogP contribution in [0.1, 0.15) is 25.7 Å². The summed E-state index contributed by atoms with van der Waals surface area (Å²) in [5.74, 6) is 1.87. The number of nitrogens with zero attached hydrogens (tertiary/aromatic N) is 3. The molecule has 1 saturated heterocycles. The van der Waals surface area contributed by atoms with E-state index in [-0.39, 0.29) is 6.61 Å². The first-order valence-corrected chi connectivity index (χ1v) is 7.99. The van der Waals surface area contributed by atoms with Crippen LogP contribution in [0.15, 0.2) is 11.2 Å². The molecule has 19 heavy (non-hydrogen) atoms. The van der Waals surface area contributed by atoms with Crippen molar-refractivity contribution in [1.29, 1.82) is 0 Å². The molecule has 0 aromatic carbocycles. The summed E-state index contributed by atoms with van der Waals surface area (Å²) in [6.07, 6.45) is 6.27. The average molecular weight is 282 g/mol. The van der Waals surface area contributed by atoms with Crippen LogP contribution in [0.4, 0.5) is 11.6 Å². The predicted octanol–water partition coefficient (Wildman–Crippen LogP) is 1.98. The zero-order chi connectivity index (χ0) is 13.7. The molecule has 2 heterocycles. The average Bonchev–Trinajstić information content (AvgIpc) is 2.92. The minimum absolute atomic E-state index is 0.270. The van der Waals surface area contributed by atoms with E-state index in [1.54, 1.807) is 11.8 Å². The van der Waals surface area contributed by atoms with Gasteiger partial charge in [0.1, 0.15) is 11.6 Å². The van der Waals surface area contributed by atoms with Crippen LogP contribution in [0.2, 0.25) is 0 Å². The summed E-state index contributed by atoms with van der Waals surface area (Å²) >= 11 is 1.56. The molecule has 1 unspecified atom stereocenters. The van der Waals surface area contributed by atoms with E-state index < -0.39 is 0 Å². The SMILES string of the molecule is CNc1cc(N2CCCC2CCCO)nc(SC)n1. The molecule has 1 fully saturated rings. The van der Waals surface area contributed by atoms with Crippen molar-refractivity contribution in [2.75, 3.05) is 36.7 Å². The Balaban J connectivity index is 2.19. The van der Waals surface area contributed by atoms with Gasteiger partial charge < -0.3 is 15.3 Å². The Morgan fingerprint density at radius 3 is 3.05 bits per heavy atom. The highest BCUT2D eigenvalue weighted by molar-refractivity contribution is 7.98.